The Labute approximate surface area is 87.3 Å². The highest BCUT2D eigenvalue weighted by atomic mass is 35.5. The SMILES string of the molecule is COc1c(Cl)ccc(F)c1CC(C)O. The zero-order chi connectivity index (χ0) is 10.7. The van der Waals surface area contributed by atoms with E-state index < -0.39 is 11.9 Å². The van der Waals surface area contributed by atoms with Crippen molar-refractivity contribution in [1.29, 1.82) is 0 Å². The number of ether oxygens (including phenoxy) is 1. The maximum atomic E-state index is 13.3. The van der Waals surface area contributed by atoms with E-state index in [1.54, 1.807) is 6.92 Å². The van der Waals surface area contributed by atoms with Gasteiger partial charge in [0.05, 0.1) is 18.2 Å². The highest BCUT2D eigenvalue weighted by Crippen LogP contribution is 2.31. The summed E-state index contributed by atoms with van der Waals surface area (Å²) in [6.07, 6.45) is -0.438. The van der Waals surface area contributed by atoms with Gasteiger partial charge in [0.1, 0.15) is 11.6 Å². The zero-order valence-electron chi connectivity index (χ0n) is 8.05. The van der Waals surface area contributed by atoms with Crippen molar-refractivity contribution in [2.45, 2.75) is 19.4 Å². The summed E-state index contributed by atoms with van der Waals surface area (Å²) in [5.74, 6) is -0.111. The fourth-order valence-electron chi connectivity index (χ4n) is 1.28. The highest BCUT2D eigenvalue weighted by Gasteiger charge is 2.14. The van der Waals surface area contributed by atoms with Gasteiger partial charge < -0.3 is 9.84 Å². The lowest BCUT2D eigenvalue weighted by Crippen LogP contribution is -2.08. The van der Waals surface area contributed by atoms with E-state index in [9.17, 15) is 9.50 Å². The van der Waals surface area contributed by atoms with Crippen LogP contribution in [0.3, 0.4) is 0 Å². The fourth-order valence-corrected chi connectivity index (χ4v) is 1.54. The van der Waals surface area contributed by atoms with Crippen molar-refractivity contribution in [1.82, 2.24) is 0 Å². The Balaban J connectivity index is 3.16. The Bertz CT molecular complexity index is 326. The summed E-state index contributed by atoms with van der Waals surface area (Å²) >= 11 is 5.81. The van der Waals surface area contributed by atoms with Crippen LogP contribution in [0.2, 0.25) is 5.02 Å². The molecule has 0 spiro atoms. The zero-order valence-corrected chi connectivity index (χ0v) is 8.81. The van der Waals surface area contributed by atoms with Crippen molar-refractivity contribution >= 4 is 11.6 Å². The van der Waals surface area contributed by atoms with Gasteiger partial charge in [-0.15, -0.1) is 0 Å². The number of halogens is 2. The minimum absolute atomic E-state index is 0.190. The first-order valence-corrected chi connectivity index (χ1v) is 4.63. The van der Waals surface area contributed by atoms with Crippen molar-refractivity contribution in [2.24, 2.45) is 0 Å². The summed E-state index contributed by atoms with van der Waals surface area (Å²) in [5.41, 5.74) is 0.315. The van der Waals surface area contributed by atoms with Gasteiger partial charge in [0.15, 0.2) is 0 Å². The lowest BCUT2D eigenvalue weighted by Gasteiger charge is -2.12. The molecule has 0 saturated heterocycles. The van der Waals surface area contributed by atoms with Crippen LogP contribution in [0.25, 0.3) is 0 Å². The molecule has 1 rings (SSSR count). The Morgan fingerprint density at radius 1 is 1.57 bits per heavy atom. The van der Waals surface area contributed by atoms with E-state index in [0.717, 1.165) is 0 Å². The number of hydrogen-bond acceptors (Lipinski definition) is 2. The van der Waals surface area contributed by atoms with Gasteiger partial charge in [-0.1, -0.05) is 11.6 Å². The Hall–Kier alpha value is -0.800. The van der Waals surface area contributed by atoms with Gasteiger partial charge in [0.25, 0.3) is 0 Å². The molecule has 78 valence electrons. The van der Waals surface area contributed by atoms with Crippen molar-refractivity contribution in [3.05, 3.63) is 28.5 Å². The summed E-state index contributed by atoms with van der Waals surface area (Å²) < 4.78 is 18.3. The normalized spacial score (nSPS) is 12.6. The molecule has 0 radical (unpaired) electrons. The lowest BCUT2D eigenvalue weighted by molar-refractivity contribution is 0.192. The summed E-state index contributed by atoms with van der Waals surface area (Å²) in [4.78, 5) is 0. The molecule has 1 aromatic rings. The third-order valence-electron chi connectivity index (χ3n) is 1.86. The van der Waals surface area contributed by atoms with Crippen LogP contribution in [-0.4, -0.2) is 18.3 Å². The minimum Gasteiger partial charge on any atom is -0.495 e. The number of aliphatic hydroxyl groups excluding tert-OH is 1. The van der Waals surface area contributed by atoms with Gasteiger partial charge in [0.2, 0.25) is 0 Å². The van der Waals surface area contributed by atoms with Crippen molar-refractivity contribution in [3.8, 4) is 5.75 Å². The van der Waals surface area contributed by atoms with Crippen molar-refractivity contribution < 1.29 is 14.2 Å². The molecule has 1 unspecified atom stereocenters. The van der Waals surface area contributed by atoms with E-state index in [2.05, 4.69) is 0 Å². The number of rotatable bonds is 3. The minimum atomic E-state index is -0.628. The van der Waals surface area contributed by atoms with Crippen molar-refractivity contribution in [3.63, 3.8) is 0 Å². The number of hydrogen-bond donors (Lipinski definition) is 1. The average molecular weight is 219 g/mol. The number of benzene rings is 1. The molecule has 0 fully saturated rings. The Morgan fingerprint density at radius 2 is 2.21 bits per heavy atom. The molecule has 0 aromatic heterocycles. The number of aliphatic hydroxyl groups is 1. The van der Waals surface area contributed by atoms with Gasteiger partial charge in [-0.2, -0.15) is 0 Å². The van der Waals surface area contributed by atoms with Crippen molar-refractivity contribution in [2.75, 3.05) is 7.11 Å². The summed E-state index contributed by atoms with van der Waals surface area (Å²) in [6.45, 7) is 1.58. The first kappa shape index (κ1) is 11.3. The first-order valence-electron chi connectivity index (χ1n) is 4.25. The molecule has 0 aliphatic rings. The smallest absolute Gasteiger partial charge is 0.143 e. The second kappa shape index (κ2) is 4.62. The predicted molar refractivity (Wildman–Crippen MR) is 53.3 cm³/mol. The van der Waals surface area contributed by atoms with Gasteiger partial charge >= 0.3 is 0 Å². The molecule has 1 N–H and O–H groups in total. The van der Waals surface area contributed by atoms with Gasteiger partial charge in [-0.05, 0) is 19.1 Å². The monoisotopic (exact) mass is 218 g/mol. The molecule has 0 aliphatic carbocycles. The van der Waals surface area contributed by atoms with Crippen LogP contribution in [0.1, 0.15) is 12.5 Å². The summed E-state index contributed by atoms with van der Waals surface area (Å²) in [5, 5.41) is 9.53. The second-order valence-corrected chi connectivity index (χ2v) is 3.50. The molecule has 0 saturated carbocycles. The van der Waals surface area contributed by atoms with Crippen LogP contribution in [0.15, 0.2) is 12.1 Å². The molecule has 0 bridgehead atoms. The molecule has 0 aliphatic heterocycles. The van der Waals surface area contributed by atoms with Gasteiger partial charge in [0, 0.05) is 12.0 Å². The van der Waals surface area contributed by atoms with Crippen LogP contribution in [-0.2, 0) is 6.42 Å². The third kappa shape index (κ3) is 2.36. The van der Waals surface area contributed by atoms with Gasteiger partial charge in [-0.25, -0.2) is 4.39 Å². The quantitative estimate of drug-likeness (QED) is 0.844. The van der Waals surface area contributed by atoms with E-state index in [4.69, 9.17) is 16.3 Å². The second-order valence-electron chi connectivity index (χ2n) is 3.09. The molecular formula is C10H12ClFO2. The molecular weight excluding hydrogens is 207 g/mol. The van der Waals surface area contributed by atoms with E-state index in [1.165, 1.54) is 19.2 Å². The van der Waals surface area contributed by atoms with Crippen LogP contribution in [0.5, 0.6) is 5.75 Å². The number of methoxy groups -OCH3 is 1. The van der Waals surface area contributed by atoms with Crippen LogP contribution >= 0.6 is 11.6 Å². The third-order valence-corrected chi connectivity index (χ3v) is 2.16. The highest BCUT2D eigenvalue weighted by molar-refractivity contribution is 6.32. The molecule has 0 heterocycles. The summed E-state index contributed by atoms with van der Waals surface area (Å²) in [6, 6.07) is 2.70. The van der Waals surface area contributed by atoms with Crippen LogP contribution < -0.4 is 4.74 Å². The van der Waals surface area contributed by atoms with Gasteiger partial charge in [-0.3, -0.25) is 0 Å². The van der Waals surface area contributed by atoms with E-state index in [-0.39, 0.29) is 6.42 Å². The summed E-state index contributed by atoms with van der Waals surface area (Å²) in [7, 11) is 1.42. The Kier molecular flexibility index (Phi) is 3.72. The maximum absolute atomic E-state index is 13.3. The predicted octanol–water partition coefficient (Wildman–Crippen LogP) is 2.41. The average Bonchev–Trinajstić information content (AvgIpc) is 2.11. The molecule has 1 atom stereocenters. The standard InChI is InChI=1S/C10H12ClFO2/c1-6(13)5-7-9(12)4-3-8(11)10(7)14-2/h3-4,6,13H,5H2,1-2H3. The van der Waals surface area contributed by atoms with Crippen LogP contribution in [0, 0.1) is 5.82 Å². The van der Waals surface area contributed by atoms with E-state index in [0.29, 0.717) is 16.3 Å². The largest absolute Gasteiger partial charge is 0.495 e. The maximum Gasteiger partial charge on any atom is 0.143 e. The first-order chi connectivity index (χ1) is 6.56. The fraction of sp³-hybridized carbons (Fsp3) is 0.400. The van der Waals surface area contributed by atoms with E-state index >= 15 is 0 Å². The topological polar surface area (TPSA) is 29.5 Å². The molecule has 1 aromatic carbocycles. The molecule has 4 heteroatoms. The molecule has 2 nitrogen and oxygen atoms in total. The molecule has 0 amide bonds. The lowest BCUT2D eigenvalue weighted by atomic mass is 10.1. The molecule has 14 heavy (non-hydrogen) atoms. The van der Waals surface area contributed by atoms with Crippen LogP contribution in [0.4, 0.5) is 4.39 Å². The van der Waals surface area contributed by atoms with E-state index in [1.807, 2.05) is 0 Å². The Morgan fingerprint density at radius 3 is 2.71 bits per heavy atom.